The average Bonchev–Trinajstić information content (AvgIpc) is 2.78. The Hall–Kier alpha value is -2.62. The summed E-state index contributed by atoms with van der Waals surface area (Å²) in [5.74, 6) is -0.821. The average molecular weight is 509 g/mol. The summed E-state index contributed by atoms with van der Waals surface area (Å²) in [5.41, 5.74) is 2.76. The van der Waals surface area contributed by atoms with Crippen molar-refractivity contribution in [3.05, 3.63) is 64.2 Å². The number of aryl methyl sites for hydroxylation is 2. The van der Waals surface area contributed by atoms with E-state index in [-0.39, 0.29) is 12.5 Å². The molecule has 0 aliphatic carbocycles. The fourth-order valence-corrected chi connectivity index (χ4v) is 4.62. The molecule has 0 fully saturated rings. The van der Waals surface area contributed by atoms with Crippen molar-refractivity contribution < 1.29 is 18.0 Å². The molecule has 34 heavy (non-hydrogen) atoms. The first-order chi connectivity index (χ1) is 15.9. The van der Waals surface area contributed by atoms with Crippen LogP contribution in [0.25, 0.3) is 0 Å². The van der Waals surface area contributed by atoms with E-state index in [0.29, 0.717) is 22.8 Å². The standard InChI is InChI=1S/C24H33ClN4O4S/c1-7-26-24(31)19(4)28(15-20-10-12-21(25)13-11-20)23(30)16-29(34(32,33)27(5)6)22-14-17(2)8-9-18(22)3/h8-14,19H,7,15-16H2,1-6H3,(H,26,31). The van der Waals surface area contributed by atoms with E-state index < -0.39 is 28.7 Å². The molecule has 2 amide bonds. The first-order valence-electron chi connectivity index (χ1n) is 11.0. The Kier molecular flexibility index (Phi) is 9.49. The number of hydrogen-bond donors (Lipinski definition) is 1. The summed E-state index contributed by atoms with van der Waals surface area (Å²) in [7, 11) is -1.16. The molecule has 0 saturated carbocycles. The molecule has 0 radical (unpaired) electrons. The Morgan fingerprint density at radius 2 is 1.68 bits per heavy atom. The lowest BCUT2D eigenvalue weighted by Crippen LogP contribution is -2.52. The van der Waals surface area contributed by atoms with Crippen molar-refractivity contribution in [3.63, 3.8) is 0 Å². The van der Waals surface area contributed by atoms with E-state index in [9.17, 15) is 18.0 Å². The van der Waals surface area contributed by atoms with Crippen LogP contribution in [0.3, 0.4) is 0 Å². The fraction of sp³-hybridized carbons (Fsp3) is 0.417. The van der Waals surface area contributed by atoms with Crippen molar-refractivity contribution in [2.45, 2.75) is 40.3 Å². The molecule has 0 spiro atoms. The Morgan fingerprint density at radius 1 is 1.06 bits per heavy atom. The molecule has 0 aliphatic rings. The molecule has 2 aromatic rings. The molecule has 0 saturated heterocycles. The van der Waals surface area contributed by atoms with Crippen molar-refractivity contribution in [1.82, 2.24) is 14.5 Å². The van der Waals surface area contributed by atoms with Gasteiger partial charge in [-0.2, -0.15) is 12.7 Å². The largest absolute Gasteiger partial charge is 0.355 e. The van der Waals surface area contributed by atoms with Gasteiger partial charge in [0.1, 0.15) is 12.6 Å². The van der Waals surface area contributed by atoms with E-state index in [0.717, 1.165) is 19.7 Å². The third kappa shape index (κ3) is 6.71. The molecule has 0 heterocycles. The van der Waals surface area contributed by atoms with Gasteiger partial charge in [-0.15, -0.1) is 0 Å². The number of rotatable bonds is 10. The maximum Gasteiger partial charge on any atom is 0.304 e. The maximum atomic E-state index is 13.6. The zero-order valence-corrected chi connectivity index (χ0v) is 22.1. The molecule has 8 nitrogen and oxygen atoms in total. The van der Waals surface area contributed by atoms with Crippen LogP contribution in [-0.4, -0.2) is 62.7 Å². The second-order valence-electron chi connectivity index (χ2n) is 8.31. The van der Waals surface area contributed by atoms with Crippen LogP contribution in [0.4, 0.5) is 5.69 Å². The lowest BCUT2D eigenvalue weighted by Gasteiger charge is -2.33. The number of anilines is 1. The van der Waals surface area contributed by atoms with Gasteiger partial charge in [0.25, 0.3) is 0 Å². The predicted molar refractivity (Wildman–Crippen MR) is 136 cm³/mol. The fourth-order valence-electron chi connectivity index (χ4n) is 3.38. The van der Waals surface area contributed by atoms with Crippen molar-refractivity contribution in [1.29, 1.82) is 0 Å². The van der Waals surface area contributed by atoms with Gasteiger partial charge in [-0.1, -0.05) is 35.9 Å². The number of amides is 2. The minimum Gasteiger partial charge on any atom is -0.355 e. The van der Waals surface area contributed by atoms with E-state index in [1.54, 1.807) is 51.1 Å². The van der Waals surface area contributed by atoms with Gasteiger partial charge in [0.05, 0.1) is 5.69 Å². The van der Waals surface area contributed by atoms with Crippen molar-refractivity contribution in [2.24, 2.45) is 0 Å². The highest BCUT2D eigenvalue weighted by Crippen LogP contribution is 2.26. The van der Waals surface area contributed by atoms with Crippen LogP contribution in [-0.2, 0) is 26.3 Å². The number of carbonyl (C=O) groups is 2. The SMILES string of the molecule is CCNC(=O)C(C)N(Cc1ccc(Cl)cc1)C(=O)CN(c1cc(C)ccc1C)S(=O)(=O)N(C)C. The molecule has 2 rings (SSSR count). The van der Waals surface area contributed by atoms with Crippen molar-refractivity contribution in [2.75, 3.05) is 31.5 Å². The summed E-state index contributed by atoms with van der Waals surface area (Å²) in [5, 5.41) is 3.28. The second-order valence-corrected chi connectivity index (χ2v) is 10.8. The van der Waals surface area contributed by atoms with E-state index in [2.05, 4.69) is 5.32 Å². The third-order valence-electron chi connectivity index (χ3n) is 5.44. The van der Waals surface area contributed by atoms with Gasteiger partial charge in [0, 0.05) is 32.2 Å². The van der Waals surface area contributed by atoms with Crippen LogP contribution in [0.1, 0.15) is 30.5 Å². The van der Waals surface area contributed by atoms with Crippen LogP contribution in [0.5, 0.6) is 0 Å². The maximum absolute atomic E-state index is 13.6. The number of nitrogens with zero attached hydrogens (tertiary/aromatic N) is 3. The van der Waals surface area contributed by atoms with Crippen LogP contribution in [0.2, 0.25) is 5.02 Å². The minimum atomic E-state index is -3.99. The molecule has 0 bridgehead atoms. The van der Waals surface area contributed by atoms with Crippen LogP contribution < -0.4 is 9.62 Å². The van der Waals surface area contributed by atoms with Gasteiger partial charge < -0.3 is 10.2 Å². The highest BCUT2D eigenvalue weighted by molar-refractivity contribution is 7.90. The van der Waals surface area contributed by atoms with Gasteiger partial charge >= 0.3 is 10.2 Å². The Balaban J connectivity index is 2.49. The highest BCUT2D eigenvalue weighted by Gasteiger charge is 2.33. The van der Waals surface area contributed by atoms with Crippen LogP contribution in [0, 0.1) is 13.8 Å². The predicted octanol–water partition coefficient (Wildman–Crippen LogP) is 3.12. The second kappa shape index (κ2) is 11.7. The van der Waals surface area contributed by atoms with Crippen LogP contribution in [0.15, 0.2) is 42.5 Å². The normalized spacial score (nSPS) is 12.4. The lowest BCUT2D eigenvalue weighted by molar-refractivity contribution is -0.139. The van der Waals surface area contributed by atoms with E-state index in [1.807, 2.05) is 19.1 Å². The molecule has 1 unspecified atom stereocenters. The minimum absolute atomic E-state index is 0.122. The highest BCUT2D eigenvalue weighted by atomic mass is 35.5. The zero-order valence-electron chi connectivity index (χ0n) is 20.5. The van der Waals surface area contributed by atoms with Gasteiger partial charge in [-0.25, -0.2) is 4.31 Å². The Labute approximate surface area is 207 Å². The number of benzene rings is 2. The van der Waals surface area contributed by atoms with Gasteiger partial charge in [0.2, 0.25) is 11.8 Å². The first-order valence-corrected chi connectivity index (χ1v) is 12.7. The van der Waals surface area contributed by atoms with E-state index >= 15 is 0 Å². The topological polar surface area (TPSA) is 90.0 Å². The zero-order chi connectivity index (χ0) is 25.6. The molecular weight excluding hydrogens is 476 g/mol. The summed E-state index contributed by atoms with van der Waals surface area (Å²) in [6, 6.07) is 11.6. The number of likely N-dealkylation sites (N-methyl/N-ethyl adjacent to an activating group) is 1. The molecular formula is C24H33ClN4O4S. The number of nitrogens with one attached hydrogen (secondary N) is 1. The molecule has 10 heteroatoms. The van der Waals surface area contributed by atoms with E-state index in [4.69, 9.17) is 11.6 Å². The molecule has 1 N–H and O–H groups in total. The molecule has 0 aromatic heterocycles. The van der Waals surface area contributed by atoms with E-state index in [1.165, 1.54) is 19.0 Å². The first kappa shape index (κ1) is 27.6. The third-order valence-corrected chi connectivity index (χ3v) is 7.49. The smallest absolute Gasteiger partial charge is 0.304 e. The van der Waals surface area contributed by atoms with Gasteiger partial charge in [-0.3, -0.25) is 9.59 Å². The summed E-state index contributed by atoms with van der Waals surface area (Å²) >= 11 is 5.99. The lowest BCUT2D eigenvalue weighted by atomic mass is 10.1. The monoisotopic (exact) mass is 508 g/mol. The molecule has 2 aromatic carbocycles. The summed E-state index contributed by atoms with van der Waals surface area (Å²) in [4.78, 5) is 27.6. The van der Waals surface area contributed by atoms with Crippen molar-refractivity contribution in [3.8, 4) is 0 Å². The van der Waals surface area contributed by atoms with Crippen LogP contribution >= 0.6 is 11.6 Å². The molecule has 0 aliphatic heterocycles. The molecule has 1 atom stereocenters. The summed E-state index contributed by atoms with van der Waals surface area (Å²) in [6.45, 7) is 7.15. The number of halogens is 1. The summed E-state index contributed by atoms with van der Waals surface area (Å²) in [6.07, 6.45) is 0. The van der Waals surface area contributed by atoms with Gasteiger partial charge in [0.15, 0.2) is 0 Å². The number of hydrogen-bond acceptors (Lipinski definition) is 4. The number of carbonyl (C=O) groups excluding carboxylic acids is 2. The quantitative estimate of drug-likeness (QED) is 0.534. The summed E-state index contributed by atoms with van der Waals surface area (Å²) < 4.78 is 28.6. The van der Waals surface area contributed by atoms with Crippen molar-refractivity contribution >= 4 is 39.3 Å². The van der Waals surface area contributed by atoms with Gasteiger partial charge in [-0.05, 0) is 62.6 Å². The Bertz CT molecular complexity index is 1120. The Morgan fingerprint density at radius 3 is 2.24 bits per heavy atom. The molecule has 186 valence electrons.